The molecule has 6 nitrogen and oxygen atoms in total. The standard InChI is InChI=1S/C18H27ClN2O4/c1-2-3-8-20(17(22)11-19)14-18(23)21(12-15-6-4-9-24-15)13-16-7-5-10-25-16/h4,6,9,16H,2-3,5,7-8,10-14H2,1H3/t16-/m0/s1. The minimum atomic E-state index is -0.210. The smallest absolute Gasteiger partial charge is 0.242 e. The Hall–Kier alpha value is -1.53. The van der Waals surface area contributed by atoms with Gasteiger partial charge in [-0.1, -0.05) is 13.3 Å². The van der Waals surface area contributed by atoms with Gasteiger partial charge in [0.1, 0.15) is 11.6 Å². The van der Waals surface area contributed by atoms with Gasteiger partial charge in [0, 0.05) is 19.7 Å². The van der Waals surface area contributed by atoms with E-state index in [1.807, 2.05) is 13.0 Å². The highest BCUT2D eigenvalue weighted by Gasteiger charge is 2.25. The molecule has 2 rings (SSSR count). The van der Waals surface area contributed by atoms with Crippen molar-refractivity contribution in [3.05, 3.63) is 24.2 Å². The topological polar surface area (TPSA) is 63.0 Å². The molecule has 0 aromatic carbocycles. The Labute approximate surface area is 154 Å². The summed E-state index contributed by atoms with van der Waals surface area (Å²) in [7, 11) is 0. The molecule has 0 saturated carbocycles. The lowest BCUT2D eigenvalue weighted by Gasteiger charge is -2.28. The van der Waals surface area contributed by atoms with Gasteiger partial charge in [-0.05, 0) is 31.4 Å². The molecule has 0 spiro atoms. The molecule has 2 heterocycles. The minimum absolute atomic E-state index is 0.0407. The first kappa shape index (κ1) is 19.8. The summed E-state index contributed by atoms with van der Waals surface area (Å²) in [6.45, 7) is 4.26. The van der Waals surface area contributed by atoms with Crippen molar-refractivity contribution in [3.8, 4) is 0 Å². The van der Waals surface area contributed by atoms with Crippen molar-refractivity contribution in [2.45, 2.75) is 45.3 Å². The molecule has 140 valence electrons. The molecule has 0 aliphatic carbocycles. The summed E-state index contributed by atoms with van der Waals surface area (Å²) in [4.78, 5) is 28.1. The number of alkyl halides is 1. The minimum Gasteiger partial charge on any atom is -0.467 e. The third-order valence-electron chi connectivity index (χ3n) is 4.30. The molecule has 0 N–H and O–H groups in total. The fourth-order valence-corrected chi connectivity index (χ4v) is 3.04. The van der Waals surface area contributed by atoms with Gasteiger partial charge in [0.25, 0.3) is 0 Å². The van der Waals surface area contributed by atoms with Crippen molar-refractivity contribution in [1.82, 2.24) is 9.80 Å². The van der Waals surface area contributed by atoms with Gasteiger partial charge in [0.2, 0.25) is 11.8 Å². The van der Waals surface area contributed by atoms with Gasteiger partial charge < -0.3 is 19.0 Å². The molecule has 0 radical (unpaired) electrons. The van der Waals surface area contributed by atoms with Crippen molar-refractivity contribution in [1.29, 1.82) is 0 Å². The van der Waals surface area contributed by atoms with Crippen LogP contribution in [-0.2, 0) is 20.9 Å². The predicted octanol–water partition coefficient (Wildman–Crippen LogP) is 2.65. The zero-order valence-electron chi connectivity index (χ0n) is 14.8. The first-order valence-corrected chi connectivity index (χ1v) is 9.43. The Morgan fingerprint density at radius 3 is 2.76 bits per heavy atom. The van der Waals surface area contributed by atoms with Gasteiger partial charge in [0.05, 0.1) is 25.5 Å². The lowest BCUT2D eigenvalue weighted by molar-refractivity contribution is -0.140. The van der Waals surface area contributed by atoms with Crippen LogP contribution in [0.3, 0.4) is 0 Å². The van der Waals surface area contributed by atoms with Gasteiger partial charge in [-0.25, -0.2) is 0 Å². The van der Waals surface area contributed by atoms with Crippen molar-refractivity contribution in [3.63, 3.8) is 0 Å². The summed E-state index contributed by atoms with van der Waals surface area (Å²) >= 11 is 5.69. The number of carbonyl (C=O) groups excluding carboxylic acids is 2. The average molecular weight is 371 g/mol. The maximum atomic E-state index is 12.8. The van der Waals surface area contributed by atoms with Crippen LogP contribution in [0.4, 0.5) is 0 Å². The molecule has 0 bridgehead atoms. The normalized spacial score (nSPS) is 16.8. The van der Waals surface area contributed by atoms with E-state index in [0.717, 1.165) is 38.1 Å². The highest BCUT2D eigenvalue weighted by molar-refractivity contribution is 6.27. The Balaban J connectivity index is 2.02. The molecular formula is C18H27ClN2O4. The van der Waals surface area contributed by atoms with E-state index in [0.29, 0.717) is 19.6 Å². The van der Waals surface area contributed by atoms with Gasteiger partial charge in [-0.3, -0.25) is 9.59 Å². The second kappa shape index (κ2) is 10.5. The zero-order valence-corrected chi connectivity index (χ0v) is 15.5. The third kappa shape index (κ3) is 6.36. The van der Waals surface area contributed by atoms with Crippen LogP contribution in [0.1, 0.15) is 38.4 Å². The molecule has 7 heteroatoms. The van der Waals surface area contributed by atoms with Gasteiger partial charge >= 0.3 is 0 Å². The summed E-state index contributed by atoms with van der Waals surface area (Å²) in [5, 5.41) is 0. The van der Waals surface area contributed by atoms with Crippen LogP contribution >= 0.6 is 11.6 Å². The number of furan rings is 1. The van der Waals surface area contributed by atoms with Crippen LogP contribution in [0.25, 0.3) is 0 Å². The number of ether oxygens (including phenoxy) is 1. The van der Waals surface area contributed by atoms with E-state index in [-0.39, 0.29) is 30.3 Å². The molecule has 25 heavy (non-hydrogen) atoms. The van der Waals surface area contributed by atoms with Gasteiger partial charge in [-0.15, -0.1) is 11.6 Å². The number of carbonyl (C=O) groups is 2. The quantitative estimate of drug-likeness (QED) is 0.594. The molecule has 2 amide bonds. The largest absolute Gasteiger partial charge is 0.467 e. The molecule has 1 aromatic rings. The van der Waals surface area contributed by atoms with Crippen LogP contribution in [0.2, 0.25) is 0 Å². The maximum Gasteiger partial charge on any atom is 0.242 e. The molecule has 1 fully saturated rings. The number of halogens is 1. The highest BCUT2D eigenvalue weighted by atomic mass is 35.5. The number of hydrogen-bond acceptors (Lipinski definition) is 4. The predicted molar refractivity (Wildman–Crippen MR) is 95.3 cm³/mol. The number of hydrogen-bond donors (Lipinski definition) is 0. The van der Waals surface area contributed by atoms with Crippen LogP contribution < -0.4 is 0 Å². The molecule has 1 atom stereocenters. The van der Waals surface area contributed by atoms with Crippen molar-refractivity contribution in [2.24, 2.45) is 0 Å². The monoisotopic (exact) mass is 370 g/mol. The van der Waals surface area contributed by atoms with Crippen molar-refractivity contribution in [2.75, 3.05) is 32.1 Å². The second-order valence-electron chi connectivity index (χ2n) is 6.29. The third-order valence-corrected chi connectivity index (χ3v) is 4.53. The lowest BCUT2D eigenvalue weighted by Crippen LogP contribution is -2.45. The summed E-state index contributed by atoms with van der Waals surface area (Å²) in [5.74, 6) is 0.288. The van der Waals surface area contributed by atoms with Crippen molar-refractivity contribution >= 4 is 23.4 Å². The van der Waals surface area contributed by atoms with Gasteiger partial charge in [0.15, 0.2) is 0 Å². The Morgan fingerprint density at radius 2 is 2.16 bits per heavy atom. The van der Waals surface area contributed by atoms with Crippen LogP contribution in [-0.4, -0.2) is 59.8 Å². The van der Waals surface area contributed by atoms with E-state index in [1.165, 1.54) is 0 Å². The Morgan fingerprint density at radius 1 is 1.32 bits per heavy atom. The molecular weight excluding hydrogens is 344 g/mol. The summed E-state index contributed by atoms with van der Waals surface area (Å²) in [6.07, 6.45) is 5.40. The second-order valence-corrected chi connectivity index (χ2v) is 6.56. The summed E-state index contributed by atoms with van der Waals surface area (Å²) in [6, 6.07) is 3.64. The van der Waals surface area contributed by atoms with Crippen LogP contribution in [0.15, 0.2) is 22.8 Å². The van der Waals surface area contributed by atoms with E-state index in [4.69, 9.17) is 20.8 Å². The van der Waals surface area contributed by atoms with E-state index in [1.54, 1.807) is 22.1 Å². The van der Waals surface area contributed by atoms with Crippen molar-refractivity contribution < 1.29 is 18.7 Å². The summed E-state index contributed by atoms with van der Waals surface area (Å²) in [5.41, 5.74) is 0. The first-order valence-electron chi connectivity index (χ1n) is 8.89. The van der Waals surface area contributed by atoms with E-state index >= 15 is 0 Å². The average Bonchev–Trinajstić information content (AvgIpc) is 3.31. The zero-order chi connectivity index (χ0) is 18.1. The summed E-state index contributed by atoms with van der Waals surface area (Å²) < 4.78 is 11.0. The van der Waals surface area contributed by atoms with E-state index in [9.17, 15) is 9.59 Å². The maximum absolute atomic E-state index is 12.8. The molecule has 1 aliphatic rings. The molecule has 1 saturated heterocycles. The Kier molecular flexibility index (Phi) is 8.28. The van der Waals surface area contributed by atoms with E-state index in [2.05, 4.69) is 0 Å². The molecule has 1 aliphatic heterocycles. The molecule has 0 unspecified atom stereocenters. The lowest BCUT2D eigenvalue weighted by atomic mass is 10.2. The Bertz CT molecular complexity index is 529. The fraction of sp³-hybridized carbons (Fsp3) is 0.667. The number of unbranched alkanes of at least 4 members (excludes halogenated alkanes) is 1. The number of rotatable bonds is 10. The number of amides is 2. The highest BCUT2D eigenvalue weighted by Crippen LogP contribution is 2.16. The number of nitrogens with zero attached hydrogens (tertiary/aromatic N) is 2. The fourth-order valence-electron chi connectivity index (χ4n) is 2.87. The molecule has 1 aromatic heterocycles. The van der Waals surface area contributed by atoms with Gasteiger partial charge in [-0.2, -0.15) is 0 Å². The van der Waals surface area contributed by atoms with Crippen LogP contribution in [0, 0.1) is 0 Å². The first-order chi connectivity index (χ1) is 12.1. The van der Waals surface area contributed by atoms with E-state index < -0.39 is 0 Å². The SMILES string of the molecule is CCCCN(CC(=O)N(Cc1ccco1)C[C@@H]1CCCO1)C(=O)CCl. The van der Waals surface area contributed by atoms with Crippen LogP contribution in [0.5, 0.6) is 0 Å².